The average Bonchev–Trinajstić information content (AvgIpc) is 2.67. The molecule has 0 N–H and O–H groups in total. The molecule has 0 aliphatic rings. The first-order valence-electron chi connectivity index (χ1n) is 8.70. The third-order valence-electron chi connectivity index (χ3n) is 4.16. The molecule has 2 aromatic carbocycles. The Balaban J connectivity index is 1.81. The molecule has 148 valence electrons. The van der Waals surface area contributed by atoms with Gasteiger partial charge in [-0.2, -0.15) is 0 Å². The van der Waals surface area contributed by atoms with Gasteiger partial charge in [0, 0.05) is 20.0 Å². The van der Waals surface area contributed by atoms with E-state index in [-0.39, 0.29) is 24.3 Å². The molecule has 0 spiro atoms. The van der Waals surface area contributed by atoms with Crippen molar-refractivity contribution in [3.8, 4) is 0 Å². The SMILES string of the molecule is C[C@H](CC(=O)c1ccccc1F)C(=O)OCC(=O)N(C)Cc1ccc(F)cc1. The summed E-state index contributed by atoms with van der Waals surface area (Å²) in [6, 6.07) is 11.2. The standard InChI is InChI=1S/C21H21F2NO4/c1-14(11-19(25)17-5-3-4-6-18(17)23)21(27)28-13-20(26)24(2)12-15-7-9-16(22)10-8-15/h3-10,14H,11-13H2,1-2H3/t14-/m1/s1. The van der Waals surface area contributed by atoms with Crippen LogP contribution in [0.5, 0.6) is 0 Å². The smallest absolute Gasteiger partial charge is 0.309 e. The molecule has 0 bridgehead atoms. The molecule has 28 heavy (non-hydrogen) atoms. The fraction of sp³-hybridized carbons (Fsp3) is 0.286. The summed E-state index contributed by atoms with van der Waals surface area (Å²) in [5, 5.41) is 0. The molecule has 1 amide bonds. The van der Waals surface area contributed by atoms with Gasteiger partial charge >= 0.3 is 5.97 Å². The van der Waals surface area contributed by atoms with Crippen LogP contribution in [0.2, 0.25) is 0 Å². The van der Waals surface area contributed by atoms with Gasteiger partial charge in [0.2, 0.25) is 0 Å². The molecule has 0 unspecified atom stereocenters. The number of ketones is 1. The van der Waals surface area contributed by atoms with Gasteiger partial charge in [-0.1, -0.05) is 31.2 Å². The maximum absolute atomic E-state index is 13.6. The molecule has 2 aromatic rings. The lowest BCUT2D eigenvalue weighted by Gasteiger charge is -2.18. The van der Waals surface area contributed by atoms with Crippen LogP contribution in [0.15, 0.2) is 48.5 Å². The quantitative estimate of drug-likeness (QED) is 0.513. The van der Waals surface area contributed by atoms with Crippen molar-refractivity contribution in [2.75, 3.05) is 13.7 Å². The van der Waals surface area contributed by atoms with Crippen molar-refractivity contribution < 1.29 is 27.9 Å². The summed E-state index contributed by atoms with van der Waals surface area (Å²) in [6.07, 6.45) is -0.223. The summed E-state index contributed by atoms with van der Waals surface area (Å²) >= 11 is 0. The highest BCUT2D eigenvalue weighted by molar-refractivity contribution is 5.98. The molecular weight excluding hydrogens is 368 g/mol. The van der Waals surface area contributed by atoms with Crippen LogP contribution < -0.4 is 0 Å². The van der Waals surface area contributed by atoms with Crippen LogP contribution >= 0.6 is 0 Å². The molecular formula is C21H21F2NO4. The Bertz CT molecular complexity index is 852. The highest BCUT2D eigenvalue weighted by atomic mass is 19.1. The molecule has 0 aliphatic heterocycles. The summed E-state index contributed by atoms with van der Waals surface area (Å²) in [7, 11) is 1.53. The lowest BCUT2D eigenvalue weighted by atomic mass is 9.99. The van der Waals surface area contributed by atoms with Crippen LogP contribution in [0.25, 0.3) is 0 Å². The van der Waals surface area contributed by atoms with Gasteiger partial charge < -0.3 is 9.64 Å². The van der Waals surface area contributed by atoms with Gasteiger partial charge in [-0.25, -0.2) is 8.78 Å². The highest BCUT2D eigenvalue weighted by Crippen LogP contribution is 2.14. The molecule has 2 rings (SSSR count). The Morgan fingerprint density at radius 3 is 2.32 bits per heavy atom. The number of carbonyl (C=O) groups is 3. The van der Waals surface area contributed by atoms with Crippen molar-refractivity contribution in [1.29, 1.82) is 0 Å². The normalized spacial score (nSPS) is 11.6. The minimum atomic E-state index is -0.817. The Kier molecular flexibility index (Phi) is 7.37. The van der Waals surface area contributed by atoms with E-state index in [2.05, 4.69) is 0 Å². The van der Waals surface area contributed by atoms with E-state index >= 15 is 0 Å². The Labute approximate surface area is 161 Å². The van der Waals surface area contributed by atoms with E-state index in [0.717, 1.165) is 5.56 Å². The van der Waals surface area contributed by atoms with E-state index in [1.54, 1.807) is 12.1 Å². The minimum absolute atomic E-state index is 0.0859. The number of halogens is 2. The zero-order valence-corrected chi connectivity index (χ0v) is 15.7. The van der Waals surface area contributed by atoms with Crippen LogP contribution in [0, 0.1) is 17.6 Å². The minimum Gasteiger partial charge on any atom is -0.455 e. The summed E-state index contributed by atoms with van der Waals surface area (Å²) in [5.41, 5.74) is 0.643. The fourth-order valence-corrected chi connectivity index (χ4v) is 2.50. The van der Waals surface area contributed by atoms with Crippen molar-refractivity contribution in [2.45, 2.75) is 19.9 Å². The predicted molar refractivity (Wildman–Crippen MR) is 98.3 cm³/mol. The predicted octanol–water partition coefficient (Wildman–Crippen LogP) is 3.38. The van der Waals surface area contributed by atoms with E-state index in [1.807, 2.05) is 0 Å². The number of hydrogen-bond acceptors (Lipinski definition) is 4. The first kappa shape index (κ1) is 21.2. The number of nitrogens with zero attached hydrogens (tertiary/aromatic N) is 1. The molecule has 0 saturated carbocycles. The van der Waals surface area contributed by atoms with E-state index in [1.165, 1.54) is 55.3 Å². The van der Waals surface area contributed by atoms with E-state index in [4.69, 9.17) is 4.74 Å². The number of ether oxygens (including phenoxy) is 1. The van der Waals surface area contributed by atoms with Gasteiger partial charge in [-0.15, -0.1) is 0 Å². The van der Waals surface area contributed by atoms with E-state index in [0.29, 0.717) is 0 Å². The maximum Gasteiger partial charge on any atom is 0.309 e. The lowest BCUT2D eigenvalue weighted by Crippen LogP contribution is -2.32. The van der Waals surface area contributed by atoms with Crippen molar-refractivity contribution in [3.05, 3.63) is 71.3 Å². The zero-order valence-electron chi connectivity index (χ0n) is 15.7. The monoisotopic (exact) mass is 389 g/mol. The topological polar surface area (TPSA) is 63.7 Å². The first-order chi connectivity index (χ1) is 13.3. The largest absolute Gasteiger partial charge is 0.455 e. The average molecular weight is 389 g/mol. The van der Waals surface area contributed by atoms with Crippen molar-refractivity contribution >= 4 is 17.7 Å². The maximum atomic E-state index is 13.6. The number of amides is 1. The molecule has 5 nitrogen and oxygen atoms in total. The molecule has 0 aliphatic carbocycles. The number of Topliss-reactive ketones (excluding diaryl/α,β-unsaturated/α-hetero) is 1. The van der Waals surface area contributed by atoms with Crippen molar-refractivity contribution in [2.24, 2.45) is 5.92 Å². The number of likely N-dealkylation sites (N-methyl/N-ethyl adjacent to an activating group) is 1. The number of esters is 1. The first-order valence-corrected chi connectivity index (χ1v) is 8.70. The Hall–Kier alpha value is -3.09. The number of benzene rings is 2. The molecule has 0 saturated heterocycles. The van der Waals surface area contributed by atoms with Crippen LogP contribution in [-0.4, -0.2) is 36.2 Å². The third-order valence-corrected chi connectivity index (χ3v) is 4.16. The fourth-order valence-electron chi connectivity index (χ4n) is 2.50. The summed E-state index contributed by atoms with van der Waals surface area (Å²) in [4.78, 5) is 37.6. The lowest BCUT2D eigenvalue weighted by molar-refractivity contribution is -0.154. The number of hydrogen-bond donors (Lipinski definition) is 0. The Morgan fingerprint density at radius 2 is 1.68 bits per heavy atom. The number of carbonyl (C=O) groups excluding carboxylic acids is 3. The van der Waals surface area contributed by atoms with E-state index in [9.17, 15) is 23.2 Å². The van der Waals surface area contributed by atoms with E-state index < -0.39 is 36.0 Å². The van der Waals surface area contributed by atoms with Crippen molar-refractivity contribution in [1.82, 2.24) is 4.90 Å². The second-order valence-electron chi connectivity index (χ2n) is 6.49. The second kappa shape index (κ2) is 9.73. The Morgan fingerprint density at radius 1 is 1.04 bits per heavy atom. The van der Waals surface area contributed by atoms with Gasteiger partial charge in [0.1, 0.15) is 11.6 Å². The van der Waals surface area contributed by atoms with Gasteiger partial charge in [-0.3, -0.25) is 14.4 Å². The summed E-state index contributed by atoms with van der Waals surface area (Å²) in [6.45, 7) is 1.24. The second-order valence-corrected chi connectivity index (χ2v) is 6.49. The molecule has 0 aromatic heterocycles. The third kappa shape index (κ3) is 5.97. The molecule has 7 heteroatoms. The summed E-state index contributed by atoms with van der Waals surface area (Å²) in [5.74, 6) is -3.50. The molecule has 0 radical (unpaired) electrons. The molecule has 1 atom stereocenters. The van der Waals surface area contributed by atoms with Gasteiger partial charge in [-0.05, 0) is 29.8 Å². The van der Waals surface area contributed by atoms with Crippen LogP contribution in [-0.2, 0) is 20.9 Å². The van der Waals surface area contributed by atoms with Crippen LogP contribution in [0.4, 0.5) is 8.78 Å². The van der Waals surface area contributed by atoms with Gasteiger partial charge in [0.05, 0.1) is 11.5 Å². The van der Waals surface area contributed by atoms with Gasteiger partial charge in [0.15, 0.2) is 12.4 Å². The van der Waals surface area contributed by atoms with Crippen LogP contribution in [0.3, 0.4) is 0 Å². The van der Waals surface area contributed by atoms with Crippen molar-refractivity contribution in [3.63, 3.8) is 0 Å². The zero-order chi connectivity index (χ0) is 20.7. The molecule has 0 heterocycles. The highest BCUT2D eigenvalue weighted by Gasteiger charge is 2.22. The van der Waals surface area contributed by atoms with Gasteiger partial charge in [0.25, 0.3) is 5.91 Å². The molecule has 0 fully saturated rings. The summed E-state index contributed by atoms with van der Waals surface area (Å²) < 4.78 is 31.5. The number of rotatable bonds is 8. The van der Waals surface area contributed by atoms with Crippen LogP contribution in [0.1, 0.15) is 29.3 Å².